The molecule has 0 unspecified atom stereocenters. The van der Waals surface area contributed by atoms with Crippen LogP contribution in [0, 0.1) is 18.6 Å². The largest absolute Gasteiger partial charge is 0.381 e. The number of aromatic nitrogens is 5. The van der Waals surface area contributed by atoms with Crippen molar-refractivity contribution in [3.05, 3.63) is 76.5 Å². The summed E-state index contributed by atoms with van der Waals surface area (Å²) in [5.41, 5.74) is 0.631. The first kappa shape index (κ1) is 21.4. The van der Waals surface area contributed by atoms with Gasteiger partial charge in [0.2, 0.25) is 0 Å². The third kappa shape index (κ3) is 3.70. The summed E-state index contributed by atoms with van der Waals surface area (Å²) in [7, 11) is 0. The van der Waals surface area contributed by atoms with Gasteiger partial charge in [0.1, 0.15) is 29.9 Å². The molecule has 2 aromatic carbocycles. The van der Waals surface area contributed by atoms with Crippen molar-refractivity contribution >= 4 is 22.5 Å². The highest BCUT2D eigenvalue weighted by Gasteiger charge is 2.41. The topological polar surface area (TPSA) is 68.8 Å². The van der Waals surface area contributed by atoms with Gasteiger partial charge >= 0.3 is 0 Å². The van der Waals surface area contributed by atoms with Crippen molar-refractivity contribution in [1.29, 1.82) is 0 Å². The van der Waals surface area contributed by atoms with E-state index in [2.05, 4.69) is 15.2 Å². The number of nitrogens with zero attached hydrogens (tertiary/aromatic N) is 5. The molecule has 0 saturated heterocycles. The number of aliphatic hydroxyl groups is 1. The second kappa shape index (κ2) is 8.01. The molecule has 1 N–H and O–H groups in total. The van der Waals surface area contributed by atoms with Crippen LogP contribution < -0.4 is 0 Å². The van der Waals surface area contributed by atoms with Crippen LogP contribution in [0.3, 0.4) is 0 Å². The zero-order valence-corrected chi connectivity index (χ0v) is 18.1. The molecule has 6 nitrogen and oxygen atoms in total. The van der Waals surface area contributed by atoms with Crippen LogP contribution in [-0.4, -0.2) is 29.7 Å². The Bertz CT molecular complexity index is 1240. The van der Waals surface area contributed by atoms with Crippen LogP contribution in [0.5, 0.6) is 0 Å². The van der Waals surface area contributed by atoms with Crippen LogP contribution in [0.1, 0.15) is 36.7 Å². The SMILES string of the molecule is CCc1c2cc(C)c(Cl)cc2nn1[C@H](C)[C@](O)(Cn1cncn1)c1ccc(F)cc1F. The first-order valence-electron chi connectivity index (χ1n) is 9.92. The first-order chi connectivity index (χ1) is 14.7. The summed E-state index contributed by atoms with van der Waals surface area (Å²) in [6.45, 7) is 5.55. The minimum atomic E-state index is -1.80. The molecule has 0 aliphatic carbocycles. The highest BCUT2D eigenvalue weighted by molar-refractivity contribution is 6.32. The van der Waals surface area contributed by atoms with Crippen LogP contribution >= 0.6 is 11.6 Å². The van der Waals surface area contributed by atoms with Gasteiger partial charge in [-0.3, -0.25) is 4.68 Å². The van der Waals surface area contributed by atoms with Gasteiger partial charge in [-0.25, -0.2) is 18.4 Å². The Balaban J connectivity index is 1.91. The summed E-state index contributed by atoms with van der Waals surface area (Å²) in [5.74, 6) is -1.57. The molecule has 0 saturated carbocycles. The minimum absolute atomic E-state index is 0.0484. The molecule has 2 aromatic heterocycles. The fourth-order valence-corrected chi connectivity index (χ4v) is 4.16. The highest BCUT2D eigenvalue weighted by Crippen LogP contribution is 2.39. The lowest BCUT2D eigenvalue weighted by Gasteiger charge is -2.35. The van der Waals surface area contributed by atoms with E-state index >= 15 is 0 Å². The Morgan fingerprint density at radius 2 is 2.00 bits per heavy atom. The van der Waals surface area contributed by atoms with Gasteiger partial charge in [-0.05, 0) is 44.0 Å². The van der Waals surface area contributed by atoms with Crippen LogP contribution in [0.25, 0.3) is 10.9 Å². The maximum Gasteiger partial charge on any atom is 0.137 e. The zero-order chi connectivity index (χ0) is 22.3. The van der Waals surface area contributed by atoms with Crippen molar-refractivity contribution < 1.29 is 13.9 Å². The van der Waals surface area contributed by atoms with Crippen molar-refractivity contribution in [2.24, 2.45) is 0 Å². The van der Waals surface area contributed by atoms with Crippen molar-refractivity contribution in [2.75, 3.05) is 0 Å². The van der Waals surface area contributed by atoms with Crippen molar-refractivity contribution in [3.63, 3.8) is 0 Å². The fraction of sp³-hybridized carbons (Fsp3) is 0.318. The Labute approximate surface area is 183 Å². The van der Waals surface area contributed by atoms with Gasteiger partial charge in [-0.15, -0.1) is 0 Å². The van der Waals surface area contributed by atoms with Crippen molar-refractivity contribution in [2.45, 2.75) is 45.4 Å². The van der Waals surface area contributed by atoms with E-state index in [-0.39, 0.29) is 12.1 Å². The molecule has 0 spiro atoms. The maximum absolute atomic E-state index is 14.9. The number of hydrogen-bond donors (Lipinski definition) is 1. The Morgan fingerprint density at radius 1 is 1.23 bits per heavy atom. The molecule has 4 aromatic rings. The average molecular weight is 446 g/mol. The van der Waals surface area contributed by atoms with E-state index in [1.54, 1.807) is 17.7 Å². The normalized spacial score (nSPS) is 14.7. The van der Waals surface area contributed by atoms with Gasteiger partial charge in [0, 0.05) is 27.7 Å². The van der Waals surface area contributed by atoms with E-state index in [1.807, 2.05) is 19.9 Å². The molecule has 0 fully saturated rings. The summed E-state index contributed by atoms with van der Waals surface area (Å²) in [6.07, 6.45) is 3.40. The lowest BCUT2D eigenvalue weighted by Crippen LogP contribution is -2.41. The molecular weight excluding hydrogens is 424 g/mol. The smallest absolute Gasteiger partial charge is 0.137 e. The molecule has 0 aliphatic heterocycles. The van der Waals surface area contributed by atoms with E-state index in [1.165, 1.54) is 23.4 Å². The number of aryl methyl sites for hydroxylation is 2. The van der Waals surface area contributed by atoms with Gasteiger partial charge in [0.15, 0.2) is 0 Å². The lowest BCUT2D eigenvalue weighted by molar-refractivity contribution is -0.0374. The van der Waals surface area contributed by atoms with Crippen molar-refractivity contribution in [3.8, 4) is 0 Å². The van der Waals surface area contributed by atoms with Crippen molar-refractivity contribution in [1.82, 2.24) is 24.5 Å². The standard InChI is InChI=1S/C22H22ClF2N5O/c1-4-21-16-7-13(2)18(23)9-20(16)28-30(21)14(3)22(31,10-29-12-26-11-27-29)17-6-5-15(24)8-19(17)25/h5-9,11-12,14,31H,4,10H2,1-3H3/t14-,22-/m1/s1. The van der Waals surface area contributed by atoms with Crippen LogP contribution in [0.2, 0.25) is 5.02 Å². The molecule has 0 bridgehead atoms. The summed E-state index contributed by atoms with van der Waals surface area (Å²) in [5, 5.41) is 22.1. The van der Waals surface area contributed by atoms with E-state index in [9.17, 15) is 13.9 Å². The highest BCUT2D eigenvalue weighted by atomic mass is 35.5. The number of fused-ring (bicyclic) bond motifs is 1. The Morgan fingerprint density at radius 3 is 2.65 bits per heavy atom. The lowest BCUT2D eigenvalue weighted by atomic mass is 9.86. The second-order valence-electron chi connectivity index (χ2n) is 7.68. The fourth-order valence-electron chi connectivity index (χ4n) is 4.00. The molecule has 9 heteroatoms. The van der Waals surface area contributed by atoms with Crippen LogP contribution in [0.4, 0.5) is 8.78 Å². The summed E-state index contributed by atoms with van der Waals surface area (Å²) in [6, 6.07) is 6.16. The zero-order valence-electron chi connectivity index (χ0n) is 17.4. The maximum atomic E-state index is 14.9. The Hall–Kier alpha value is -2.84. The minimum Gasteiger partial charge on any atom is -0.381 e. The molecule has 4 rings (SSSR count). The van der Waals surface area contributed by atoms with E-state index in [4.69, 9.17) is 11.6 Å². The molecule has 162 valence electrons. The molecule has 0 radical (unpaired) electrons. The quantitative estimate of drug-likeness (QED) is 0.471. The molecule has 0 amide bonds. The number of rotatable bonds is 6. The number of hydrogen-bond acceptors (Lipinski definition) is 4. The summed E-state index contributed by atoms with van der Waals surface area (Å²) < 4.78 is 31.5. The van der Waals surface area contributed by atoms with E-state index in [0.717, 1.165) is 28.8 Å². The molecule has 2 heterocycles. The monoisotopic (exact) mass is 445 g/mol. The third-order valence-corrected chi connectivity index (χ3v) is 6.15. The summed E-state index contributed by atoms with van der Waals surface area (Å²) in [4.78, 5) is 3.91. The van der Waals surface area contributed by atoms with Crippen LogP contribution in [0.15, 0.2) is 43.0 Å². The third-order valence-electron chi connectivity index (χ3n) is 5.74. The summed E-state index contributed by atoms with van der Waals surface area (Å²) >= 11 is 6.29. The van der Waals surface area contributed by atoms with E-state index < -0.39 is 23.3 Å². The molecular formula is C22H22ClF2N5O. The van der Waals surface area contributed by atoms with E-state index in [0.29, 0.717) is 17.0 Å². The van der Waals surface area contributed by atoms with Gasteiger partial charge in [-0.1, -0.05) is 24.6 Å². The van der Waals surface area contributed by atoms with Gasteiger partial charge < -0.3 is 5.11 Å². The Kier molecular flexibility index (Phi) is 5.53. The predicted octanol–water partition coefficient (Wildman–Crippen LogP) is 4.58. The van der Waals surface area contributed by atoms with Gasteiger partial charge in [0.05, 0.1) is 18.1 Å². The number of benzene rings is 2. The van der Waals surface area contributed by atoms with Crippen LogP contribution in [-0.2, 0) is 18.6 Å². The van der Waals surface area contributed by atoms with Gasteiger partial charge in [0.25, 0.3) is 0 Å². The first-order valence-corrected chi connectivity index (χ1v) is 10.3. The average Bonchev–Trinajstić information content (AvgIpc) is 3.34. The molecule has 31 heavy (non-hydrogen) atoms. The molecule has 0 aliphatic rings. The second-order valence-corrected chi connectivity index (χ2v) is 8.09. The predicted molar refractivity (Wildman–Crippen MR) is 114 cm³/mol. The van der Waals surface area contributed by atoms with Gasteiger partial charge in [-0.2, -0.15) is 10.2 Å². The number of halogens is 3. The molecule has 2 atom stereocenters.